The zero-order chi connectivity index (χ0) is 9.42. The average molecular weight is 196 g/mol. The van der Waals surface area contributed by atoms with Gasteiger partial charge in [-0.05, 0) is 24.4 Å². The number of pyridine rings is 1. The number of carbonyl (C=O) groups is 1. The molecule has 0 bridgehead atoms. The maximum absolute atomic E-state index is 10.5. The number of carboxylic acid groups (broad SMARTS) is 1. The Kier molecular flexibility index (Phi) is 1.63. The van der Waals surface area contributed by atoms with Crippen LogP contribution in [0.25, 0.3) is 11.2 Å². The molecule has 0 aromatic carbocycles. The van der Waals surface area contributed by atoms with Crippen LogP contribution in [-0.4, -0.2) is 21.0 Å². The van der Waals surface area contributed by atoms with Gasteiger partial charge in [-0.3, -0.25) is 0 Å². The molecule has 0 unspecified atom stereocenters. The minimum Gasteiger partial charge on any atom is -0.477 e. The fourth-order valence-corrected chi connectivity index (χ4v) is 1.14. The molecule has 2 aromatic rings. The van der Waals surface area contributed by atoms with Crippen LogP contribution in [0.1, 0.15) is 10.5 Å². The van der Waals surface area contributed by atoms with E-state index in [1.807, 2.05) is 0 Å². The monoisotopic (exact) mass is 196 g/mol. The molecule has 0 atom stereocenters. The predicted molar refractivity (Wildman–Crippen MR) is 46.2 cm³/mol. The van der Waals surface area contributed by atoms with Crippen molar-refractivity contribution in [1.29, 1.82) is 0 Å². The average Bonchev–Trinajstić information content (AvgIpc) is 2.42. The third-order valence-corrected chi connectivity index (χ3v) is 1.69. The summed E-state index contributed by atoms with van der Waals surface area (Å²) in [5.41, 5.74) is 0.741. The molecule has 13 heavy (non-hydrogen) atoms. The van der Waals surface area contributed by atoms with Gasteiger partial charge in [-0.1, -0.05) is 0 Å². The number of hydrogen-bond acceptors (Lipinski definition) is 4. The molecule has 0 saturated carbocycles. The highest BCUT2D eigenvalue weighted by molar-refractivity contribution is 7.71. The van der Waals surface area contributed by atoms with Crippen molar-refractivity contribution in [1.82, 2.24) is 9.97 Å². The number of hydrogen-bond donors (Lipinski definition) is 2. The van der Waals surface area contributed by atoms with E-state index in [1.54, 1.807) is 6.07 Å². The van der Waals surface area contributed by atoms with Crippen LogP contribution in [0.15, 0.2) is 16.5 Å². The van der Waals surface area contributed by atoms with Gasteiger partial charge < -0.3 is 14.5 Å². The number of aromatic amines is 1. The van der Waals surface area contributed by atoms with Crippen LogP contribution in [0.4, 0.5) is 0 Å². The summed E-state index contributed by atoms with van der Waals surface area (Å²) in [6, 6.07) is 2.94. The van der Waals surface area contributed by atoms with E-state index >= 15 is 0 Å². The van der Waals surface area contributed by atoms with E-state index in [9.17, 15) is 4.79 Å². The molecule has 6 heteroatoms. The third kappa shape index (κ3) is 1.31. The van der Waals surface area contributed by atoms with Crippen LogP contribution >= 0.6 is 12.2 Å². The van der Waals surface area contributed by atoms with Crippen LogP contribution in [0.3, 0.4) is 0 Å². The third-order valence-electron chi connectivity index (χ3n) is 1.51. The maximum Gasteiger partial charge on any atom is 0.354 e. The Hall–Kier alpha value is -1.69. The second kappa shape index (κ2) is 2.67. The highest BCUT2D eigenvalue weighted by Gasteiger charge is 2.07. The molecular weight excluding hydrogens is 192 g/mol. The highest BCUT2D eigenvalue weighted by atomic mass is 32.1. The second-order valence-corrected chi connectivity index (χ2v) is 2.74. The SMILES string of the molecule is O=C(O)c1ccc2[nH]c(=S)oc2n1. The van der Waals surface area contributed by atoms with Crippen molar-refractivity contribution in [3.05, 3.63) is 22.7 Å². The number of rotatable bonds is 1. The first-order valence-electron chi connectivity index (χ1n) is 3.40. The molecule has 0 fully saturated rings. The lowest BCUT2D eigenvalue weighted by Gasteiger charge is -1.90. The molecule has 0 amide bonds. The van der Waals surface area contributed by atoms with E-state index in [0.717, 1.165) is 0 Å². The molecule has 0 aliphatic carbocycles. The first kappa shape index (κ1) is 7.93. The lowest BCUT2D eigenvalue weighted by molar-refractivity contribution is 0.0690. The second-order valence-electron chi connectivity index (χ2n) is 2.37. The number of fused-ring (bicyclic) bond motifs is 1. The number of nitrogens with zero attached hydrogens (tertiary/aromatic N) is 1. The van der Waals surface area contributed by atoms with Gasteiger partial charge in [-0.25, -0.2) is 9.78 Å². The summed E-state index contributed by atoms with van der Waals surface area (Å²) in [4.78, 5) is 17.1. The lowest BCUT2D eigenvalue weighted by Crippen LogP contribution is -1.98. The van der Waals surface area contributed by atoms with E-state index in [0.29, 0.717) is 5.52 Å². The van der Waals surface area contributed by atoms with Crippen LogP contribution in [-0.2, 0) is 0 Å². The van der Waals surface area contributed by atoms with Gasteiger partial charge in [0.2, 0.25) is 5.71 Å². The summed E-state index contributed by atoms with van der Waals surface area (Å²) in [5.74, 6) is -1.09. The molecule has 66 valence electrons. The molecule has 0 saturated heterocycles. The van der Waals surface area contributed by atoms with Gasteiger partial charge in [-0.15, -0.1) is 0 Å². The Balaban J connectivity index is 2.74. The Morgan fingerprint density at radius 2 is 2.38 bits per heavy atom. The Morgan fingerprint density at radius 3 is 3.08 bits per heavy atom. The minimum atomic E-state index is -1.09. The Morgan fingerprint density at radius 1 is 1.62 bits per heavy atom. The smallest absolute Gasteiger partial charge is 0.354 e. The van der Waals surface area contributed by atoms with Crippen molar-refractivity contribution in [2.75, 3.05) is 0 Å². The van der Waals surface area contributed by atoms with Crippen molar-refractivity contribution >= 4 is 29.4 Å². The first-order chi connectivity index (χ1) is 6.16. The number of aromatic carboxylic acids is 1. The van der Waals surface area contributed by atoms with E-state index in [1.165, 1.54) is 6.07 Å². The van der Waals surface area contributed by atoms with E-state index in [-0.39, 0.29) is 16.2 Å². The van der Waals surface area contributed by atoms with Crippen molar-refractivity contribution < 1.29 is 14.3 Å². The standard InChI is InChI=1S/C7H4N2O3S/c10-6(11)4-2-1-3-5(8-4)12-7(13)9-3/h1-2H,(H,9,13)(H,10,11). The molecular formula is C7H4N2O3S. The molecule has 2 aromatic heterocycles. The van der Waals surface area contributed by atoms with E-state index < -0.39 is 5.97 Å². The zero-order valence-corrected chi connectivity index (χ0v) is 7.09. The number of carboxylic acids is 1. The van der Waals surface area contributed by atoms with Gasteiger partial charge in [0.25, 0.3) is 4.84 Å². The molecule has 5 nitrogen and oxygen atoms in total. The van der Waals surface area contributed by atoms with Gasteiger partial charge in [0, 0.05) is 0 Å². The van der Waals surface area contributed by atoms with Crippen molar-refractivity contribution in [2.45, 2.75) is 0 Å². The lowest BCUT2D eigenvalue weighted by atomic mass is 10.3. The fraction of sp³-hybridized carbons (Fsp3) is 0. The van der Waals surface area contributed by atoms with Crippen molar-refractivity contribution in [3.63, 3.8) is 0 Å². The molecule has 2 rings (SSSR count). The number of oxazole rings is 1. The van der Waals surface area contributed by atoms with E-state index in [4.69, 9.17) is 21.7 Å². The predicted octanol–water partition coefficient (Wildman–Crippen LogP) is 1.58. The molecule has 2 N–H and O–H groups in total. The van der Waals surface area contributed by atoms with Gasteiger partial charge in [0.1, 0.15) is 5.52 Å². The molecule has 2 heterocycles. The largest absolute Gasteiger partial charge is 0.477 e. The first-order valence-corrected chi connectivity index (χ1v) is 3.81. The Labute approximate surface area is 77.0 Å². The van der Waals surface area contributed by atoms with E-state index in [2.05, 4.69) is 9.97 Å². The van der Waals surface area contributed by atoms with Gasteiger partial charge in [0.05, 0.1) is 0 Å². The summed E-state index contributed by atoms with van der Waals surface area (Å²) < 4.78 is 4.94. The topological polar surface area (TPSA) is 79.1 Å². The van der Waals surface area contributed by atoms with Crippen LogP contribution in [0.5, 0.6) is 0 Å². The van der Waals surface area contributed by atoms with Crippen LogP contribution in [0, 0.1) is 4.84 Å². The van der Waals surface area contributed by atoms with Gasteiger partial charge in [-0.2, -0.15) is 0 Å². The normalized spacial score (nSPS) is 10.5. The highest BCUT2D eigenvalue weighted by Crippen LogP contribution is 2.11. The number of H-pyrrole nitrogens is 1. The summed E-state index contributed by atoms with van der Waals surface area (Å²) in [6.45, 7) is 0. The summed E-state index contributed by atoms with van der Waals surface area (Å²) >= 11 is 4.71. The summed E-state index contributed by atoms with van der Waals surface area (Å²) in [6.07, 6.45) is 0. The molecule has 0 spiro atoms. The molecule has 0 radical (unpaired) electrons. The Bertz CT molecular complexity index is 528. The number of nitrogens with one attached hydrogen (secondary N) is 1. The summed E-state index contributed by atoms with van der Waals surface area (Å²) in [7, 11) is 0. The molecule has 0 aliphatic heterocycles. The van der Waals surface area contributed by atoms with Gasteiger partial charge >= 0.3 is 5.97 Å². The quantitative estimate of drug-likeness (QED) is 0.677. The maximum atomic E-state index is 10.5. The minimum absolute atomic E-state index is 0.0646. The van der Waals surface area contributed by atoms with Crippen LogP contribution in [0.2, 0.25) is 0 Å². The van der Waals surface area contributed by atoms with Crippen LogP contribution < -0.4 is 0 Å². The van der Waals surface area contributed by atoms with Gasteiger partial charge in [0.15, 0.2) is 5.69 Å². The zero-order valence-electron chi connectivity index (χ0n) is 6.27. The van der Waals surface area contributed by atoms with Crippen molar-refractivity contribution in [2.24, 2.45) is 0 Å². The summed E-state index contributed by atoms with van der Waals surface area (Å²) in [5, 5.41) is 8.61. The fourth-order valence-electron chi connectivity index (χ4n) is 0.956. The number of aromatic nitrogens is 2. The van der Waals surface area contributed by atoms with Crippen molar-refractivity contribution in [3.8, 4) is 0 Å². The molecule has 0 aliphatic rings.